The van der Waals surface area contributed by atoms with Gasteiger partial charge in [-0.3, -0.25) is 0 Å². The second-order valence-electron chi connectivity index (χ2n) is 5.12. The number of aliphatic imine (C=N–C) groups is 1. The molecule has 0 heterocycles. The Hall–Kier alpha value is -2.29. The molecule has 1 unspecified atom stereocenters. The molecule has 3 nitrogen and oxygen atoms in total. The van der Waals surface area contributed by atoms with Crippen molar-refractivity contribution in [3.63, 3.8) is 0 Å². The van der Waals surface area contributed by atoms with Gasteiger partial charge in [0.2, 0.25) is 0 Å². The quantitative estimate of drug-likeness (QED) is 0.662. The second-order valence-corrected chi connectivity index (χ2v) is 5.12. The van der Waals surface area contributed by atoms with E-state index in [0.717, 1.165) is 12.8 Å². The van der Waals surface area contributed by atoms with E-state index in [1.165, 1.54) is 16.7 Å². The lowest BCUT2D eigenvalue weighted by Crippen LogP contribution is -2.34. The normalized spacial score (nSPS) is 17.8. The van der Waals surface area contributed by atoms with E-state index >= 15 is 0 Å². The van der Waals surface area contributed by atoms with Crippen LogP contribution in [0, 0.1) is 0 Å². The molecular formula is C17H19N3. The number of nitrogens with one attached hydrogen (secondary N) is 1. The van der Waals surface area contributed by atoms with E-state index in [1.54, 1.807) is 0 Å². The first kappa shape index (κ1) is 12.7. The highest BCUT2D eigenvalue weighted by molar-refractivity contribution is 5.78. The van der Waals surface area contributed by atoms with Crippen molar-refractivity contribution in [2.24, 2.45) is 10.7 Å². The van der Waals surface area contributed by atoms with E-state index in [1.807, 2.05) is 18.2 Å². The van der Waals surface area contributed by atoms with Crippen LogP contribution in [0.5, 0.6) is 0 Å². The average molecular weight is 265 g/mol. The Morgan fingerprint density at radius 2 is 1.85 bits per heavy atom. The Balaban J connectivity index is 1.64. The van der Waals surface area contributed by atoms with Gasteiger partial charge in [0.05, 0.1) is 12.6 Å². The largest absolute Gasteiger partial charge is 0.370 e. The summed E-state index contributed by atoms with van der Waals surface area (Å²) < 4.78 is 0. The number of nitrogens with zero attached hydrogens (tertiary/aromatic N) is 1. The molecule has 1 aliphatic carbocycles. The van der Waals surface area contributed by atoms with E-state index in [-0.39, 0.29) is 0 Å². The van der Waals surface area contributed by atoms with Gasteiger partial charge in [0, 0.05) is 0 Å². The van der Waals surface area contributed by atoms with Gasteiger partial charge in [0.25, 0.3) is 0 Å². The van der Waals surface area contributed by atoms with Gasteiger partial charge in [0.1, 0.15) is 0 Å². The number of guanidine groups is 1. The molecular weight excluding hydrogens is 246 g/mol. The van der Waals surface area contributed by atoms with E-state index in [9.17, 15) is 0 Å². The lowest BCUT2D eigenvalue weighted by molar-refractivity contribution is 0.634. The minimum absolute atomic E-state index is 0.297. The molecule has 0 fully saturated rings. The van der Waals surface area contributed by atoms with Crippen LogP contribution >= 0.6 is 0 Å². The summed E-state index contributed by atoms with van der Waals surface area (Å²) in [5, 5.41) is 3.33. The van der Waals surface area contributed by atoms with Crippen molar-refractivity contribution in [1.29, 1.82) is 0 Å². The van der Waals surface area contributed by atoms with E-state index in [0.29, 0.717) is 18.5 Å². The third kappa shape index (κ3) is 2.82. The van der Waals surface area contributed by atoms with Gasteiger partial charge in [-0.25, -0.2) is 4.99 Å². The van der Waals surface area contributed by atoms with Gasteiger partial charge in [0.15, 0.2) is 5.96 Å². The summed E-state index contributed by atoms with van der Waals surface area (Å²) in [4.78, 5) is 4.41. The number of hydrogen-bond donors (Lipinski definition) is 2. The summed E-state index contributed by atoms with van der Waals surface area (Å²) in [5.74, 6) is 0.524. The Labute approximate surface area is 119 Å². The van der Waals surface area contributed by atoms with Crippen LogP contribution in [-0.2, 0) is 13.0 Å². The molecule has 1 aliphatic rings. The van der Waals surface area contributed by atoms with Crippen molar-refractivity contribution in [3.05, 3.63) is 71.3 Å². The summed E-state index contributed by atoms with van der Waals surface area (Å²) in [6.45, 7) is 0.619. The molecule has 0 saturated carbocycles. The van der Waals surface area contributed by atoms with Crippen LogP contribution in [0.2, 0.25) is 0 Å². The third-order valence-electron chi connectivity index (χ3n) is 3.73. The number of benzene rings is 2. The van der Waals surface area contributed by atoms with E-state index < -0.39 is 0 Å². The zero-order chi connectivity index (χ0) is 13.8. The summed E-state index contributed by atoms with van der Waals surface area (Å²) in [6.07, 6.45) is 2.20. The van der Waals surface area contributed by atoms with Crippen molar-refractivity contribution >= 4 is 5.96 Å². The first-order chi connectivity index (χ1) is 9.83. The van der Waals surface area contributed by atoms with Gasteiger partial charge >= 0.3 is 0 Å². The fraction of sp³-hybridized carbons (Fsp3) is 0.235. The highest BCUT2D eigenvalue weighted by Gasteiger charge is 2.21. The monoisotopic (exact) mass is 265 g/mol. The second kappa shape index (κ2) is 5.78. The van der Waals surface area contributed by atoms with Crippen LogP contribution in [0.15, 0.2) is 59.6 Å². The minimum atomic E-state index is 0.297. The molecule has 0 saturated heterocycles. The summed E-state index contributed by atoms with van der Waals surface area (Å²) >= 11 is 0. The van der Waals surface area contributed by atoms with Crippen LogP contribution in [0.1, 0.15) is 29.2 Å². The standard InChI is InChI=1S/C17H19N3/c18-17(19-12-13-6-2-1-3-7-13)20-16-11-10-14-8-4-5-9-15(14)16/h1-9,16H,10-12H2,(H3,18,19,20). The Morgan fingerprint density at radius 1 is 1.10 bits per heavy atom. The Morgan fingerprint density at radius 3 is 2.70 bits per heavy atom. The summed E-state index contributed by atoms with van der Waals surface area (Å²) in [5.41, 5.74) is 9.94. The average Bonchev–Trinajstić information content (AvgIpc) is 2.90. The molecule has 0 amide bonds. The Bertz CT molecular complexity index is 605. The molecule has 20 heavy (non-hydrogen) atoms. The molecule has 3 heteroatoms. The fourth-order valence-electron chi connectivity index (χ4n) is 2.69. The maximum absolute atomic E-state index is 6.00. The van der Waals surface area contributed by atoms with Gasteiger partial charge in [-0.1, -0.05) is 54.6 Å². The number of aryl methyl sites for hydroxylation is 1. The fourth-order valence-corrected chi connectivity index (χ4v) is 2.69. The molecule has 3 rings (SSSR count). The van der Waals surface area contributed by atoms with Crippen molar-refractivity contribution < 1.29 is 0 Å². The summed E-state index contributed by atoms with van der Waals surface area (Å²) in [6, 6.07) is 19.0. The first-order valence-electron chi connectivity index (χ1n) is 7.01. The number of hydrogen-bond acceptors (Lipinski definition) is 1. The lowest BCUT2D eigenvalue weighted by atomic mass is 10.1. The first-order valence-corrected chi connectivity index (χ1v) is 7.01. The van der Waals surface area contributed by atoms with Gasteiger partial charge in [-0.15, -0.1) is 0 Å². The molecule has 102 valence electrons. The van der Waals surface area contributed by atoms with E-state index in [2.05, 4.69) is 46.7 Å². The van der Waals surface area contributed by atoms with Crippen LogP contribution in [-0.4, -0.2) is 5.96 Å². The molecule has 2 aromatic rings. The molecule has 0 bridgehead atoms. The minimum Gasteiger partial charge on any atom is -0.370 e. The lowest BCUT2D eigenvalue weighted by Gasteiger charge is -2.14. The highest BCUT2D eigenvalue weighted by Crippen LogP contribution is 2.30. The zero-order valence-electron chi connectivity index (χ0n) is 11.4. The van der Waals surface area contributed by atoms with E-state index in [4.69, 9.17) is 5.73 Å². The maximum atomic E-state index is 6.00. The smallest absolute Gasteiger partial charge is 0.189 e. The number of fused-ring (bicyclic) bond motifs is 1. The van der Waals surface area contributed by atoms with Crippen LogP contribution in [0.3, 0.4) is 0 Å². The SMILES string of the molecule is NC(=NCc1ccccc1)NC1CCc2ccccc21. The molecule has 2 aromatic carbocycles. The van der Waals surface area contributed by atoms with Gasteiger partial charge in [-0.2, -0.15) is 0 Å². The molecule has 0 radical (unpaired) electrons. The molecule has 0 aromatic heterocycles. The van der Waals surface area contributed by atoms with Crippen LogP contribution in [0.4, 0.5) is 0 Å². The predicted octanol–water partition coefficient (Wildman–Crippen LogP) is 2.78. The Kier molecular flexibility index (Phi) is 3.68. The van der Waals surface area contributed by atoms with Gasteiger partial charge < -0.3 is 11.1 Å². The highest BCUT2D eigenvalue weighted by atomic mass is 15.1. The topological polar surface area (TPSA) is 50.4 Å². The number of nitrogens with two attached hydrogens (primary N) is 1. The van der Waals surface area contributed by atoms with Crippen LogP contribution in [0.25, 0.3) is 0 Å². The van der Waals surface area contributed by atoms with Crippen molar-refractivity contribution in [2.75, 3.05) is 0 Å². The zero-order valence-corrected chi connectivity index (χ0v) is 11.4. The van der Waals surface area contributed by atoms with Crippen LogP contribution < -0.4 is 11.1 Å². The van der Waals surface area contributed by atoms with Crippen molar-refractivity contribution in [2.45, 2.75) is 25.4 Å². The van der Waals surface area contributed by atoms with Crippen molar-refractivity contribution in [3.8, 4) is 0 Å². The predicted molar refractivity (Wildman–Crippen MR) is 82.4 cm³/mol. The maximum Gasteiger partial charge on any atom is 0.189 e. The molecule has 3 N–H and O–H groups in total. The van der Waals surface area contributed by atoms with Crippen molar-refractivity contribution in [1.82, 2.24) is 5.32 Å². The van der Waals surface area contributed by atoms with Gasteiger partial charge in [-0.05, 0) is 29.5 Å². The molecule has 0 aliphatic heterocycles. The molecule has 1 atom stereocenters. The molecule has 0 spiro atoms. The summed E-state index contributed by atoms with van der Waals surface area (Å²) in [7, 11) is 0. The third-order valence-corrected chi connectivity index (χ3v) is 3.73. The number of rotatable bonds is 3.